The van der Waals surface area contributed by atoms with Gasteiger partial charge in [0.25, 0.3) is 15.1 Å². The molecule has 3 aromatic rings. The van der Waals surface area contributed by atoms with Crippen LogP contribution in [0.15, 0.2) is 64.2 Å². The standard InChI is InChI=1S/C15H11IN2O4S/c16-11-6-7-13(19)12(8-11)18-23(20,21)14-9-17-15(22-14)10-4-2-1-3-5-10/h1-9,18-19H. The number of rotatable bonds is 4. The lowest BCUT2D eigenvalue weighted by Gasteiger charge is -2.07. The van der Waals surface area contributed by atoms with Gasteiger partial charge >= 0.3 is 0 Å². The summed E-state index contributed by atoms with van der Waals surface area (Å²) in [5.74, 6) is 0.0367. The normalized spacial score (nSPS) is 11.3. The number of aromatic hydroxyl groups is 1. The molecule has 3 rings (SSSR count). The smallest absolute Gasteiger partial charge is 0.297 e. The number of phenolic OH excluding ortho intramolecular Hbond substituents is 1. The molecule has 0 saturated carbocycles. The highest BCUT2D eigenvalue weighted by Gasteiger charge is 2.22. The van der Waals surface area contributed by atoms with Gasteiger partial charge in [0.1, 0.15) is 5.75 Å². The van der Waals surface area contributed by atoms with E-state index in [0.29, 0.717) is 5.56 Å². The highest BCUT2D eigenvalue weighted by atomic mass is 127. The maximum atomic E-state index is 12.4. The van der Waals surface area contributed by atoms with Gasteiger partial charge in [-0.3, -0.25) is 4.72 Å². The molecule has 0 unspecified atom stereocenters. The Hall–Kier alpha value is -2.07. The number of nitrogens with one attached hydrogen (secondary N) is 1. The predicted octanol–water partition coefficient (Wildman–Crippen LogP) is 3.45. The minimum absolute atomic E-state index is 0.0783. The number of aromatic nitrogens is 1. The van der Waals surface area contributed by atoms with Gasteiger partial charge in [0, 0.05) is 9.13 Å². The van der Waals surface area contributed by atoms with Crippen LogP contribution in [0.1, 0.15) is 0 Å². The first-order valence-corrected chi connectivity index (χ1v) is 9.04. The molecule has 0 saturated heterocycles. The fourth-order valence-electron chi connectivity index (χ4n) is 1.88. The molecule has 0 aliphatic heterocycles. The molecule has 118 valence electrons. The van der Waals surface area contributed by atoms with Gasteiger partial charge in [-0.2, -0.15) is 8.42 Å². The maximum Gasteiger partial charge on any atom is 0.297 e. The number of phenols is 1. The van der Waals surface area contributed by atoms with Crippen molar-refractivity contribution >= 4 is 38.3 Å². The summed E-state index contributed by atoms with van der Waals surface area (Å²) in [5.41, 5.74) is 0.751. The average Bonchev–Trinajstić information content (AvgIpc) is 3.02. The monoisotopic (exact) mass is 442 g/mol. The molecule has 0 amide bonds. The molecule has 1 aromatic heterocycles. The summed E-state index contributed by atoms with van der Waals surface area (Å²) in [6, 6.07) is 13.6. The Morgan fingerprint density at radius 2 is 1.87 bits per heavy atom. The van der Waals surface area contributed by atoms with Gasteiger partial charge in [0.15, 0.2) is 0 Å². The molecule has 0 radical (unpaired) electrons. The van der Waals surface area contributed by atoms with Crippen molar-refractivity contribution in [2.24, 2.45) is 0 Å². The van der Waals surface area contributed by atoms with E-state index in [1.807, 2.05) is 28.7 Å². The number of hydrogen-bond acceptors (Lipinski definition) is 5. The highest BCUT2D eigenvalue weighted by molar-refractivity contribution is 14.1. The minimum atomic E-state index is -3.98. The summed E-state index contributed by atoms with van der Waals surface area (Å²) in [5, 5.41) is 9.43. The van der Waals surface area contributed by atoms with Crippen molar-refractivity contribution in [2.75, 3.05) is 4.72 Å². The summed E-state index contributed by atoms with van der Waals surface area (Å²) >= 11 is 2.02. The van der Waals surface area contributed by atoms with E-state index in [0.717, 1.165) is 9.77 Å². The summed E-state index contributed by atoms with van der Waals surface area (Å²) < 4.78 is 33.1. The van der Waals surface area contributed by atoms with Crippen LogP contribution in [0.2, 0.25) is 0 Å². The van der Waals surface area contributed by atoms with Crippen LogP contribution in [0.3, 0.4) is 0 Å². The van der Waals surface area contributed by atoms with Crippen molar-refractivity contribution in [3.63, 3.8) is 0 Å². The molecule has 1 heterocycles. The van der Waals surface area contributed by atoms with Crippen LogP contribution in [-0.4, -0.2) is 18.5 Å². The van der Waals surface area contributed by atoms with Crippen molar-refractivity contribution in [3.8, 4) is 17.2 Å². The van der Waals surface area contributed by atoms with E-state index in [2.05, 4.69) is 9.71 Å². The van der Waals surface area contributed by atoms with E-state index >= 15 is 0 Å². The average molecular weight is 442 g/mol. The van der Waals surface area contributed by atoms with Crippen LogP contribution >= 0.6 is 22.6 Å². The van der Waals surface area contributed by atoms with E-state index in [-0.39, 0.29) is 22.4 Å². The van der Waals surface area contributed by atoms with Crippen molar-refractivity contribution in [1.29, 1.82) is 0 Å². The summed E-state index contributed by atoms with van der Waals surface area (Å²) in [6.07, 6.45) is 1.13. The van der Waals surface area contributed by atoms with E-state index in [1.165, 1.54) is 12.1 Å². The fourth-order valence-corrected chi connectivity index (χ4v) is 3.31. The Kier molecular flexibility index (Phi) is 4.26. The number of anilines is 1. The van der Waals surface area contributed by atoms with Crippen LogP contribution in [-0.2, 0) is 10.0 Å². The third kappa shape index (κ3) is 3.48. The zero-order valence-electron chi connectivity index (χ0n) is 11.6. The van der Waals surface area contributed by atoms with Gasteiger partial charge in [-0.25, -0.2) is 4.98 Å². The number of benzene rings is 2. The van der Waals surface area contributed by atoms with Gasteiger partial charge in [0.05, 0.1) is 11.9 Å². The molecule has 0 bridgehead atoms. The Morgan fingerprint density at radius 1 is 1.13 bits per heavy atom. The number of hydrogen-bond donors (Lipinski definition) is 2. The van der Waals surface area contributed by atoms with Gasteiger partial charge < -0.3 is 9.52 Å². The minimum Gasteiger partial charge on any atom is -0.506 e. The van der Waals surface area contributed by atoms with Crippen molar-refractivity contribution < 1.29 is 17.9 Å². The third-order valence-corrected chi connectivity index (χ3v) is 4.85. The Morgan fingerprint density at radius 3 is 2.61 bits per heavy atom. The third-order valence-electron chi connectivity index (χ3n) is 2.97. The van der Waals surface area contributed by atoms with E-state index in [9.17, 15) is 13.5 Å². The molecule has 0 spiro atoms. The van der Waals surface area contributed by atoms with Crippen molar-refractivity contribution in [2.45, 2.75) is 5.09 Å². The second-order valence-corrected chi connectivity index (χ2v) is 7.48. The zero-order valence-corrected chi connectivity index (χ0v) is 14.6. The molecule has 0 aliphatic carbocycles. The maximum absolute atomic E-state index is 12.4. The largest absolute Gasteiger partial charge is 0.506 e. The summed E-state index contributed by atoms with van der Waals surface area (Å²) in [7, 11) is -3.98. The predicted molar refractivity (Wildman–Crippen MR) is 93.6 cm³/mol. The number of halogens is 1. The molecule has 2 N–H and O–H groups in total. The quantitative estimate of drug-likeness (QED) is 0.477. The number of nitrogens with zero attached hydrogens (tertiary/aromatic N) is 1. The lowest BCUT2D eigenvalue weighted by molar-refractivity contribution is 0.459. The Bertz CT molecular complexity index is 939. The van der Waals surface area contributed by atoms with Crippen LogP contribution in [0.5, 0.6) is 5.75 Å². The molecule has 0 fully saturated rings. The first-order chi connectivity index (χ1) is 11.0. The molecule has 8 heteroatoms. The van der Waals surface area contributed by atoms with Crippen molar-refractivity contribution in [1.82, 2.24) is 4.98 Å². The highest BCUT2D eigenvalue weighted by Crippen LogP contribution is 2.28. The van der Waals surface area contributed by atoms with Crippen LogP contribution in [0.25, 0.3) is 11.5 Å². The Labute approximate surface area is 146 Å². The first-order valence-electron chi connectivity index (χ1n) is 6.48. The van der Waals surface area contributed by atoms with E-state index in [1.54, 1.807) is 30.3 Å². The molecular formula is C15H11IN2O4S. The molecule has 23 heavy (non-hydrogen) atoms. The number of oxazole rings is 1. The zero-order chi connectivity index (χ0) is 16.4. The molecular weight excluding hydrogens is 431 g/mol. The van der Waals surface area contributed by atoms with Gasteiger partial charge in [-0.1, -0.05) is 18.2 Å². The van der Waals surface area contributed by atoms with Crippen LogP contribution in [0.4, 0.5) is 5.69 Å². The van der Waals surface area contributed by atoms with E-state index < -0.39 is 10.0 Å². The lowest BCUT2D eigenvalue weighted by Crippen LogP contribution is -2.12. The van der Waals surface area contributed by atoms with Gasteiger partial charge in [-0.05, 0) is 52.9 Å². The lowest BCUT2D eigenvalue weighted by atomic mass is 10.2. The molecule has 2 aromatic carbocycles. The van der Waals surface area contributed by atoms with Gasteiger partial charge in [0.2, 0.25) is 5.89 Å². The second kappa shape index (κ2) is 6.20. The second-order valence-electron chi connectivity index (χ2n) is 4.62. The summed E-state index contributed by atoms with van der Waals surface area (Å²) in [6.45, 7) is 0. The fraction of sp³-hybridized carbons (Fsp3) is 0. The summed E-state index contributed by atoms with van der Waals surface area (Å²) in [4.78, 5) is 3.98. The van der Waals surface area contributed by atoms with Gasteiger partial charge in [-0.15, -0.1) is 0 Å². The SMILES string of the molecule is O=S(=O)(Nc1cc(I)ccc1O)c1cnc(-c2ccccc2)o1. The molecule has 6 nitrogen and oxygen atoms in total. The van der Waals surface area contributed by atoms with E-state index in [4.69, 9.17) is 4.42 Å². The van der Waals surface area contributed by atoms with Crippen LogP contribution in [0, 0.1) is 3.57 Å². The van der Waals surface area contributed by atoms with Crippen LogP contribution < -0.4 is 4.72 Å². The molecule has 0 atom stereocenters. The first kappa shape index (κ1) is 15.8. The topological polar surface area (TPSA) is 92.4 Å². The van der Waals surface area contributed by atoms with Crippen molar-refractivity contribution in [3.05, 3.63) is 58.3 Å². The Balaban J connectivity index is 1.92. The molecule has 0 aliphatic rings. The number of sulfonamides is 1.